The predicted molar refractivity (Wildman–Crippen MR) is 123 cm³/mol. The number of aliphatic imine (C=N–C) groups is 1. The maximum absolute atomic E-state index is 6.02. The molecule has 0 aromatic heterocycles. The van der Waals surface area contributed by atoms with Gasteiger partial charge in [-0.2, -0.15) is 0 Å². The average molecular weight is 499 g/mol. The normalized spacial score (nSPS) is 28.5. The van der Waals surface area contributed by atoms with Crippen molar-refractivity contribution in [1.29, 1.82) is 0 Å². The molecule has 3 aliphatic rings. The van der Waals surface area contributed by atoms with Crippen LogP contribution in [0.15, 0.2) is 35.3 Å². The number of fused-ring (bicyclic) bond motifs is 2. The summed E-state index contributed by atoms with van der Waals surface area (Å²) in [4.78, 5) is 4.46. The van der Waals surface area contributed by atoms with Crippen molar-refractivity contribution in [1.82, 2.24) is 10.6 Å². The summed E-state index contributed by atoms with van der Waals surface area (Å²) in [6.07, 6.45) is 5.61. The van der Waals surface area contributed by atoms with Gasteiger partial charge < -0.3 is 20.1 Å². The Hall–Kier alpha value is -0.860. The van der Waals surface area contributed by atoms with Crippen molar-refractivity contribution in [2.45, 2.75) is 51.4 Å². The number of rotatable bonds is 7. The SMILES string of the molecule is CN=C(NCC(C)COCc1ccccc1)NC1C2CCOC2C12CCC2.I. The molecule has 4 atom stereocenters. The average Bonchev–Trinajstić information content (AvgIpc) is 3.06. The Morgan fingerprint density at radius 2 is 2.11 bits per heavy atom. The molecular weight excluding hydrogens is 465 g/mol. The van der Waals surface area contributed by atoms with Gasteiger partial charge in [-0.1, -0.05) is 43.7 Å². The zero-order chi connectivity index (χ0) is 18.7. The van der Waals surface area contributed by atoms with Crippen molar-refractivity contribution in [2.24, 2.45) is 22.2 Å². The predicted octanol–water partition coefficient (Wildman–Crippen LogP) is 3.58. The standard InChI is InChI=1S/C22H33N3O2.HI/c1-16(14-26-15-17-7-4-3-5-8-17)13-24-21(23-2)25-19-18-9-12-27-20(18)22(19)10-6-11-22;/h3-5,7-8,16,18-20H,6,9-15H2,1-2H3,(H2,23,24,25);1H. The van der Waals surface area contributed by atoms with Crippen LogP contribution in [0.2, 0.25) is 0 Å². The molecular formula is C22H34IN3O2. The molecule has 156 valence electrons. The highest BCUT2D eigenvalue weighted by Crippen LogP contribution is 2.62. The molecule has 4 rings (SSSR count). The Labute approximate surface area is 186 Å². The van der Waals surface area contributed by atoms with Crippen LogP contribution in [0, 0.1) is 17.3 Å². The third-order valence-corrected chi connectivity index (χ3v) is 6.68. The third-order valence-electron chi connectivity index (χ3n) is 6.68. The Balaban J connectivity index is 0.00000225. The first-order chi connectivity index (χ1) is 13.2. The molecule has 2 saturated carbocycles. The maximum Gasteiger partial charge on any atom is 0.191 e. The van der Waals surface area contributed by atoms with Crippen LogP contribution in [0.4, 0.5) is 0 Å². The minimum Gasteiger partial charge on any atom is -0.377 e. The van der Waals surface area contributed by atoms with Gasteiger partial charge in [-0.15, -0.1) is 24.0 Å². The molecule has 1 aromatic carbocycles. The van der Waals surface area contributed by atoms with E-state index < -0.39 is 0 Å². The Morgan fingerprint density at radius 3 is 2.79 bits per heavy atom. The molecule has 4 unspecified atom stereocenters. The number of nitrogens with one attached hydrogen (secondary N) is 2. The zero-order valence-electron chi connectivity index (χ0n) is 17.0. The quantitative estimate of drug-likeness (QED) is 0.342. The molecule has 1 aromatic rings. The van der Waals surface area contributed by atoms with Gasteiger partial charge in [0.15, 0.2) is 5.96 Å². The molecule has 2 N–H and O–H groups in total. The summed E-state index contributed by atoms with van der Waals surface area (Å²) in [6, 6.07) is 10.9. The van der Waals surface area contributed by atoms with Crippen LogP contribution in [0.1, 0.15) is 38.2 Å². The second-order valence-electron chi connectivity index (χ2n) is 8.51. The van der Waals surface area contributed by atoms with Gasteiger partial charge in [0.25, 0.3) is 0 Å². The first-order valence-corrected chi connectivity index (χ1v) is 10.4. The topological polar surface area (TPSA) is 54.9 Å². The molecule has 5 nitrogen and oxygen atoms in total. The van der Waals surface area contributed by atoms with Gasteiger partial charge in [-0.3, -0.25) is 4.99 Å². The van der Waals surface area contributed by atoms with Crippen LogP contribution in [0.3, 0.4) is 0 Å². The van der Waals surface area contributed by atoms with E-state index in [9.17, 15) is 0 Å². The second-order valence-corrected chi connectivity index (χ2v) is 8.51. The molecule has 0 radical (unpaired) electrons. The highest BCUT2D eigenvalue weighted by Gasteiger charge is 2.66. The summed E-state index contributed by atoms with van der Waals surface area (Å²) in [6.45, 7) is 5.41. The minimum atomic E-state index is 0. The van der Waals surface area contributed by atoms with E-state index in [4.69, 9.17) is 9.47 Å². The van der Waals surface area contributed by atoms with Crippen molar-refractivity contribution in [3.63, 3.8) is 0 Å². The molecule has 1 saturated heterocycles. The van der Waals surface area contributed by atoms with Crippen molar-refractivity contribution in [3.05, 3.63) is 35.9 Å². The molecule has 1 heterocycles. The van der Waals surface area contributed by atoms with E-state index >= 15 is 0 Å². The van der Waals surface area contributed by atoms with Crippen molar-refractivity contribution >= 4 is 29.9 Å². The van der Waals surface area contributed by atoms with E-state index in [1.165, 1.54) is 31.2 Å². The minimum absolute atomic E-state index is 0. The maximum atomic E-state index is 6.02. The lowest BCUT2D eigenvalue weighted by Crippen LogP contribution is -2.72. The summed E-state index contributed by atoms with van der Waals surface area (Å²) in [5.74, 6) is 2.01. The molecule has 2 aliphatic carbocycles. The number of nitrogens with zero attached hydrogens (tertiary/aromatic N) is 1. The summed E-state index contributed by atoms with van der Waals surface area (Å²) in [5.41, 5.74) is 1.60. The summed E-state index contributed by atoms with van der Waals surface area (Å²) >= 11 is 0. The molecule has 6 heteroatoms. The number of benzene rings is 1. The monoisotopic (exact) mass is 499 g/mol. The van der Waals surface area contributed by atoms with E-state index in [1.54, 1.807) is 0 Å². The molecule has 1 aliphatic heterocycles. The van der Waals surface area contributed by atoms with Crippen molar-refractivity contribution in [3.8, 4) is 0 Å². The van der Waals surface area contributed by atoms with E-state index in [0.717, 1.165) is 25.7 Å². The molecule has 1 spiro atoms. The van der Waals surface area contributed by atoms with Gasteiger partial charge in [0, 0.05) is 37.6 Å². The Kier molecular flexibility index (Phi) is 7.61. The molecule has 0 bridgehead atoms. The zero-order valence-corrected chi connectivity index (χ0v) is 19.4. The third kappa shape index (κ3) is 4.33. The van der Waals surface area contributed by atoms with Gasteiger partial charge >= 0.3 is 0 Å². The fourth-order valence-electron chi connectivity index (χ4n) is 5.08. The van der Waals surface area contributed by atoms with E-state index in [-0.39, 0.29) is 24.0 Å². The highest BCUT2D eigenvalue weighted by atomic mass is 127. The Morgan fingerprint density at radius 1 is 1.32 bits per heavy atom. The Bertz CT molecular complexity index is 650. The number of hydrogen-bond acceptors (Lipinski definition) is 3. The van der Waals surface area contributed by atoms with Gasteiger partial charge in [0.05, 0.1) is 19.3 Å². The first kappa shape index (κ1) is 21.8. The fraction of sp³-hybridized carbons (Fsp3) is 0.682. The van der Waals surface area contributed by atoms with Gasteiger partial charge in [0.2, 0.25) is 0 Å². The van der Waals surface area contributed by atoms with Gasteiger partial charge in [-0.25, -0.2) is 0 Å². The second kappa shape index (κ2) is 9.76. The van der Waals surface area contributed by atoms with Gasteiger partial charge in [-0.05, 0) is 30.7 Å². The van der Waals surface area contributed by atoms with Crippen LogP contribution in [0.5, 0.6) is 0 Å². The number of ether oxygens (including phenoxy) is 2. The van der Waals surface area contributed by atoms with E-state index in [1.807, 2.05) is 13.1 Å². The lowest BCUT2D eigenvalue weighted by atomic mass is 9.46. The molecule has 0 amide bonds. The number of guanidine groups is 1. The van der Waals surface area contributed by atoms with Crippen LogP contribution >= 0.6 is 24.0 Å². The largest absolute Gasteiger partial charge is 0.377 e. The van der Waals surface area contributed by atoms with Crippen LogP contribution in [-0.4, -0.2) is 44.9 Å². The van der Waals surface area contributed by atoms with Crippen LogP contribution < -0.4 is 10.6 Å². The molecule has 3 fully saturated rings. The summed E-state index contributed by atoms with van der Waals surface area (Å²) < 4.78 is 11.9. The van der Waals surface area contributed by atoms with Crippen LogP contribution in [-0.2, 0) is 16.1 Å². The van der Waals surface area contributed by atoms with Gasteiger partial charge in [0.1, 0.15) is 0 Å². The highest BCUT2D eigenvalue weighted by molar-refractivity contribution is 14.0. The van der Waals surface area contributed by atoms with E-state index in [2.05, 4.69) is 46.8 Å². The van der Waals surface area contributed by atoms with Crippen LogP contribution in [0.25, 0.3) is 0 Å². The van der Waals surface area contributed by atoms with Crippen molar-refractivity contribution in [2.75, 3.05) is 26.8 Å². The number of halogens is 1. The summed E-state index contributed by atoms with van der Waals surface area (Å²) in [7, 11) is 1.86. The summed E-state index contributed by atoms with van der Waals surface area (Å²) in [5, 5.41) is 7.22. The van der Waals surface area contributed by atoms with Crippen molar-refractivity contribution < 1.29 is 9.47 Å². The lowest BCUT2D eigenvalue weighted by molar-refractivity contribution is -0.171. The van der Waals surface area contributed by atoms with E-state index in [0.29, 0.717) is 36.0 Å². The smallest absolute Gasteiger partial charge is 0.191 e. The fourth-order valence-corrected chi connectivity index (χ4v) is 5.08. The first-order valence-electron chi connectivity index (χ1n) is 10.4. The molecule has 28 heavy (non-hydrogen) atoms. The lowest BCUT2D eigenvalue weighted by Gasteiger charge is -2.63. The number of hydrogen-bond donors (Lipinski definition) is 2.